The van der Waals surface area contributed by atoms with E-state index in [4.69, 9.17) is 9.47 Å². The van der Waals surface area contributed by atoms with Crippen molar-refractivity contribution in [3.63, 3.8) is 0 Å². The van der Waals surface area contributed by atoms with Crippen molar-refractivity contribution < 1.29 is 19.4 Å². The van der Waals surface area contributed by atoms with Crippen LogP contribution in [0.5, 0.6) is 11.5 Å². The van der Waals surface area contributed by atoms with Crippen LogP contribution in [-0.4, -0.2) is 29.2 Å². The highest BCUT2D eigenvalue weighted by atomic mass is 16.5. The number of aromatic carboxylic acids is 1. The summed E-state index contributed by atoms with van der Waals surface area (Å²) in [5.41, 5.74) is 1.79. The average Bonchev–Trinajstić information content (AvgIpc) is 2.77. The molecule has 0 aliphatic heterocycles. The highest BCUT2D eigenvalue weighted by Crippen LogP contribution is 2.29. The zero-order valence-electron chi connectivity index (χ0n) is 17.9. The summed E-state index contributed by atoms with van der Waals surface area (Å²) in [4.78, 5) is 28.5. The standard InChI is InChI=1S/C24H26N2O5/c1-4-6-13-31-22-14-16(8-12-21(22)30-3)7-10-18-23(27)26(5-2)20-11-9-17(24(28)29)15-19(20)25-18/h7-12,14-15H,4-6,13H2,1-3H3,(H,28,29)/p-1/b10-7+. The van der Waals surface area contributed by atoms with Gasteiger partial charge < -0.3 is 23.9 Å². The number of carboxylic acid groups (broad SMARTS) is 1. The number of ether oxygens (including phenoxy) is 2. The largest absolute Gasteiger partial charge is 0.545 e. The first-order chi connectivity index (χ1) is 15.0. The Labute approximate surface area is 180 Å². The van der Waals surface area contributed by atoms with Gasteiger partial charge in [-0.3, -0.25) is 4.79 Å². The van der Waals surface area contributed by atoms with Crippen molar-refractivity contribution in [2.45, 2.75) is 33.2 Å². The monoisotopic (exact) mass is 421 g/mol. The van der Waals surface area contributed by atoms with Gasteiger partial charge in [-0.05, 0) is 54.8 Å². The van der Waals surface area contributed by atoms with Crippen LogP contribution in [0.25, 0.3) is 23.2 Å². The Kier molecular flexibility index (Phi) is 7.07. The lowest BCUT2D eigenvalue weighted by Crippen LogP contribution is -2.25. The second kappa shape index (κ2) is 9.93. The van der Waals surface area contributed by atoms with Gasteiger partial charge in [0, 0.05) is 6.54 Å². The molecule has 31 heavy (non-hydrogen) atoms. The number of aromatic nitrogens is 2. The van der Waals surface area contributed by atoms with Crippen LogP contribution < -0.4 is 20.1 Å². The summed E-state index contributed by atoms with van der Waals surface area (Å²) in [7, 11) is 1.59. The smallest absolute Gasteiger partial charge is 0.276 e. The quantitative estimate of drug-likeness (QED) is 0.493. The molecule has 0 aliphatic carbocycles. The first-order valence-electron chi connectivity index (χ1n) is 10.2. The topological polar surface area (TPSA) is 93.5 Å². The van der Waals surface area contributed by atoms with Crippen molar-refractivity contribution in [3.8, 4) is 11.5 Å². The van der Waals surface area contributed by atoms with E-state index < -0.39 is 5.97 Å². The van der Waals surface area contributed by atoms with Crippen molar-refractivity contribution in [1.29, 1.82) is 0 Å². The lowest BCUT2D eigenvalue weighted by Gasteiger charge is -2.11. The fraction of sp³-hybridized carbons (Fsp3) is 0.292. The zero-order valence-corrected chi connectivity index (χ0v) is 17.9. The fourth-order valence-electron chi connectivity index (χ4n) is 3.23. The summed E-state index contributed by atoms with van der Waals surface area (Å²) in [6.07, 6.45) is 5.36. The van der Waals surface area contributed by atoms with Crippen LogP contribution in [0.2, 0.25) is 0 Å². The van der Waals surface area contributed by atoms with Crippen LogP contribution >= 0.6 is 0 Å². The predicted molar refractivity (Wildman–Crippen MR) is 118 cm³/mol. The maximum atomic E-state index is 12.9. The van der Waals surface area contributed by atoms with E-state index in [1.54, 1.807) is 29.9 Å². The molecule has 0 aliphatic rings. The van der Waals surface area contributed by atoms with E-state index in [-0.39, 0.29) is 16.8 Å². The molecule has 0 fully saturated rings. The van der Waals surface area contributed by atoms with Gasteiger partial charge in [-0.15, -0.1) is 0 Å². The third kappa shape index (κ3) is 4.94. The molecule has 0 bridgehead atoms. The molecule has 0 saturated heterocycles. The van der Waals surface area contributed by atoms with Crippen LogP contribution in [0.1, 0.15) is 48.3 Å². The molecule has 7 heteroatoms. The molecule has 7 nitrogen and oxygen atoms in total. The number of rotatable bonds is 9. The highest BCUT2D eigenvalue weighted by molar-refractivity contribution is 5.91. The Morgan fingerprint density at radius 1 is 1.13 bits per heavy atom. The molecule has 0 radical (unpaired) electrons. The van der Waals surface area contributed by atoms with E-state index in [0.29, 0.717) is 35.7 Å². The number of benzene rings is 2. The Balaban J connectivity index is 2.00. The number of hydrogen-bond donors (Lipinski definition) is 0. The van der Waals surface area contributed by atoms with Crippen LogP contribution in [0.15, 0.2) is 41.2 Å². The van der Waals surface area contributed by atoms with Gasteiger partial charge in [0.1, 0.15) is 5.69 Å². The number of carboxylic acids is 1. The maximum Gasteiger partial charge on any atom is 0.276 e. The first kappa shape index (κ1) is 22.1. The van der Waals surface area contributed by atoms with Gasteiger partial charge in [0.2, 0.25) is 0 Å². The van der Waals surface area contributed by atoms with E-state index in [1.165, 1.54) is 12.1 Å². The lowest BCUT2D eigenvalue weighted by atomic mass is 10.1. The minimum atomic E-state index is -1.29. The third-order valence-electron chi connectivity index (χ3n) is 4.90. The predicted octanol–water partition coefficient (Wildman–Crippen LogP) is 3.14. The minimum absolute atomic E-state index is 0.0141. The van der Waals surface area contributed by atoms with Crippen LogP contribution in [0, 0.1) is 0 Å². The normalized spacial score (nSPS) is 11.2. The molecule has 3 rings (SSSR count). The number of hydrogen-bond acceptors (Lipinski definition) is 6. The summed E-state index contributed by atoms with van der Waals surface area (Å²) in [5, 5.41) is 11.2. The number of methoxy groups -OCH3 is 1. The summed E-state index contributed by atoms with van der Waals surface area (Å²) >= 11 is 0. The van der Waals surface area contributed by atoms with Crippen LogP contribution in [0.4, 0.5) is 0 Å². The molecule has 2 aromatic carbocycles. The molecule has 1 heterocycles. The number of carbonyl (C=O) groups is 1. The van der Waals surface area contributed by atoms with E-state index in [9.17, 15) is 14.7 Å². The van der Waals surface area contributed by atoms with Crippen molar-refractivity contribution >= 4 is 29.2 Å². The molecule has 1 aromatic heterocycles. The van der Waals surface area contributed by atoms with Crippen molar-refractivity contribution in [1.82, 2.24) is 9.55 Å². The summed E-state index contributed by atoms with van der Waals surface area (Å²) in [6, 6.07) is 9.92. The lowest BCUT2D eigenvalue weighted by molar-refractivity contribution is -0.255. The van der Waals surface area contributed by atoms with Gasteiger partial charge in [-0.25, -0.2) is 4.98 Å². The Morgan fingerprint density at radius 2 is 1.94 bits per heavy atom. The third-order valence-corrected chi connectivity index (χ3v) is 4.90. The molecule has 0 unspecified atom stereocenters. The van der Waals surface area contributed by atoms with Crippen molar-refractivity contribution in [2.24, 2.45) is 0 Å². The van der Waals surface area contributed by atoms with Crippen LogP contribution in [-0.2, 0) is 6.54 Å². The summed E-state index contributed by atoms with van der Waals surface area (Å²) < 4.78 is 12.7. The fourth-order valence-corrected chi connectivity index (χ4v) is 3.23. The summed E-state index contributed by atoms with van der Waals surface area (Å²) in [6.45, 7) is 4.97. The van der Waals surface area contributed by atoms with Crippen LogP contribution in [0.3, 0.4) is 0 Å². The van der Waals surface area contributed by atoms with Gasteiger partial charge in [-0.1, -0.05) is 31.6 Å². The molecule has 0 spiro atoms. The van der Waals surface area contributed by atoms with Gasteiger partial charge in [0.05, 0.1) is 30.7 Å². The highest BCUT2D eigenvalue weighted by Gasteiger charge is 2.10. The number of aryl methyl sites for hydroxylation is 1. The number of nitrogens with zero attached hydrogens (tertiary/aromatic N) is 2. The van der Waals surface area contributed by atoms with Gasteiger partial charge >= 0.3 is 0 Å². The number of fused-ring (bicyclic) bond motifs is 1. The zero-order chi connectivity index (χ0) is 22.4. The van der Waals surface area contributed by atoms with E-state index in [2.05, 4.69) is 11.9 Å². The number of carbonyl (C=O) groups excluding carboxylic acids is 1. The second-order valence-electron chi connectivity index (χ2n) is 6.98. The van der Waals surface area contributed by atoms with Crippen molar-refractivity contribution in [2.75, 3.05) is 13.7 Å². The maximum absolute atomic E-state index is 12.9. The molecule has 0 saturated carbocycles. The molecule has 3 aromatic rings. The molecule has 0 amide bonds. The van der Waals surface area contributed by atoms with E-state index in [0.717, 1.165) is 18.4 Å². The first-order valence-corrected chi connectivity index (χ1v) is 10.2. The molecule has 0 N–H and O–H groups in total. The Morgan fingerprint density at radius 3 is 2.61 bits per heavy atom. The molecule has 0 atom stereocenters. The second-order valence-corrected chi connectivity index (χ2v) is 6.98. The van der Waals surface area contributed by atoms with Gasteiger partial charge in [0.25, 0.3) is 5.56 Å². The average molecular weight is 421 g/mol. The summed E-state index contributed by atoms with van der Waals surface area (Å²) in [5.74, 6) is -0.0155. The van der Waals surface area contributed by atoms with Gasteiger partial charge in [0.15, 0.2) is 11.5 Å². The Hall–Kier alpha value is -3.61. The SMILES string of the molecule is CCCCOc1cc(/C=C/c2nc3cc(C(=O)[O-])ccc3n(CC)c2=O)ccc1OC. The number of unbranched alkanes of at least 4 members (excludes halogenated alkanes) is 1. The molecule has 162 valence electrons. The molecular weight excluding hydrogens is 396 g/mol. The minimum Gasteiger partial charge on any atom is -0.545 e. The molecular formula is C24H25N2O5-. The van der Waals surface area contributed by atoms with E-state index >= 15 is 0 Å². The van der Waals surface area contributed by atoms with E-state index in [1.807, 2.05) is 25.1 Å². The Bertz CT molecular complexity index is 1180. The van der Waals surface area contributed by atoms with Crippen molar-refractivity contribution in [3.05, 3.63) is 63.6 Å². The van der Waals surface area contributed by atoms with Gasteiger partial charge in [-0.2, -0.15) is 0 Å².